The number of amides is 1. The van der Waals surface area contributed by atoms with E-state index in [1.165, 1.54) is 10.5 Å². The lowest BCUT2D eigenvalue weighted by atomic mass is 10.2. The number of ether oxygens (including phenoxy) is 1. The number of anilines is 2. The monoisotopic (exact) mass is 412 g/mol. The molecule has 0 atom stereocenters. The molecule has 2 heterocycles. The fraction of sp³-hybridized carbons (Fsp3) is 0.435. The molecule has 2 aromatic carbocycles. The lowest BCUT2D eigenvalue weighted by Gasteiger charge is -2.33. The molecule has 0 aromatic heterocycles. The molecular weight excluding hydrogens is 380 g/mol. The number of morpholine rings is 1. The van der Waals surface area contributed by atoms with E-state index < -0.39 is 0 Å². The fourth-order valence-electron chi connectivity index (χ4n) is 4.24. The van der Waals surface area contributed by atoms with Gasteiger partial charge in [0, 0.05) is 11.3 Å². The summed E-state index contributed by atoms with van der Waals surface area (Å²) in [7, 11) is 0. The van der Waals surface area contributed by atoms with Crippen LogP contribution in [0.3, 0.4) is 0 Å². The maximum atomic E-state index is 12.5. The number of phenols is 1. The molecule has 7 nitrogen and oxygen atoms in total. The molecule has 7 heteroatoms. The van der Waals surface area contributed by atoms with E-state index in [1.54, 1.807) is 11.0 Å². The number of hydrogen-bond acceptors (Lipinski definition) is 4. The van der Waals surface area contributed by atoms with Gasteiger partial charge in [-0.25, -0.2) is 0 Å². The minimum Gasteiger partial charge on any atom is -0.506 e. The molecule has 0 radical (unpaired) electrons. The minimum atomic E-state index is 0.0487. The van der Waals surface area contributed by atoms with Gasteiger partial charge in [-0.05, 0) is 24.3 Å². The lowest BCUT2D eigenvalue weighted by Crippen LogP contribution is -3.15. The third kappa shape index (κ3) is 5.50. The zero-order valence-corrected chi connectivity index (χ0v) is 17.4. The van der Waals surface area contributed by atoms with Crippen molar-refractivity contribution in [3.8, 4) is 5.75 Å². The van der Waals surface area contributed by atoms with Gasteiger partial charge in [0.25, 0.3) is 5.91 Å². The molecule has 4 rings (SSSR count). The summed E-state index contributed by atoms with van der Waals surface area (Å²) in [6.07, 6.45) is 0. The zero-order chi connectivity index (χ0) is 20.8. The van der Waals surface area contributed by atoms with E-state index in [-0.39, 0.29) is 5.91 Å². The third-order valence-corrected chi connectivity index (χ3v) is 6.00. The van der Waals surface area contributed by atoms with E-state index in [0.29, 0.717) is 12.3 Å². The van der Waals surface area contributed by atoms with Crippen LogP contribution in [0.4, 0.5) is 11.4 Å². The molecule has 0 spiro atoms. The molecule has 30 heavy (non-hydrogen) atoms. The molecule has 0 aliphatic carbocycles. The molecule has 2 aromatic rings. The predicted octanol–water partition coefficient (Wildman–Crippen LogP) is -0.849. The van der Waals surface area contributed by atoms with Gasteiger partial charge in [-0.15, -0.1) is 0 Å². The number of para-hydroxylation sites is 2. The van der Waals surface area contributed by atoms with Gasteiger partial charge in [0.05, 0.1) is 45.1 Å². The summed E-state index contributed by atoms with van der Waals surface area (Å²) in [5, 5.41) is 13.1. The van der Waals surface area contributed by atoms with Crippen molar-refractivity contribution in [2.24, 2.45) is 0 Å². The van der Waals surface area contributed by atoms with Crippen molar-refractivity contribution in [1.29, 1.82) is 0 Å². The number of carbonyl (C=O) groups is 1. The summed E-state index contributed by atoms with van der Waals surface area (Å²) in [4.78, 5) is 17.5. The van der Waals surface area contributed by atoms with Crippen molar-refractivity contribution >= 4 is 17.3 Å². The maximum absolute atomic E-state index is 12.5. The van der Waals surface area contributed by atoms with Crippen LogP contribution >= 0.6 is 0 Å². The van der Waals surface area contributed by atoms with Crippen LogP contribution in [-0.2, 0) is 16.1 Å². The molecule has 1 amide bonds. The number of quaternary nitrogens is 2. The fourth-order valence-corrected chi connectivity index (χ4v) is 4.24. The van der Waals surface area contributed by atoms with Crippen LogP contribution in [0.2, 0.25) is 0 Å². The van der Waals surface area contributed by atoms with Gasteiger partial charge < -0.3 is 29.9 Å². The number of aromatic hydroxyl groups is 1. The van der Waals surface area contributed by atoms with Crippen molar-refractivity contribution in [3.63, 3.8) is 0 Å². The number of nitrogens with one attached hydrogen (secondary N) is 3. The summed E-state index contributed by atoms with van der Waals surface area (Å²) in [6.45, 7) is 8.68. The molecule has 4 N–H and O–H groups in total. The van der Waals surface area contributed by atoms with E-state index in [2.05, 4.69) is 22.3 Å². The van der Waals surface area contributed by atoms with Gasteiger partial charge in [-0.3, -0.25) is 4.79 Å². The van der Waals surface area contributed by atoms with E-state index in [1.807, 2.05) is 30.3 Å². The van der Waals surface area contributed by atoms with Crippen molar-refractivity contribution in [3.05, 3.63) is 54.1 Å². The van der Waals surface area contributed by atoms with Crippen LogP contribution < -0.4 is 20.0 Å². The van der Waals surface area contributed by atoms with E-state index in [9.17, 15) is 9.90 Å². The van der Waals surface area contributed by atoms with Crippen LogP contribution in [0.15, 0.2) is 48.5 Å². The Morgan fingerprint density at radius 1 is 0.967 bits per heavy atom. The molecular formula is C23H32N4O3+2. The Morgan fingerprint density at radius 3 is 2.37 bits per heavy atom. The second-order valence-electron chi connectivity index (χ2n) is 8.19. The summed E-state index contributed by atoms with van der Waals surface area (Å²) in [6, 6.07) is 15.6. The SMILES string of the molecule is O=C(C[NH+]1CCN(c2ccccc2O)CC1)Nc1ccc(C[NH+]2CCOCC2)cc1. The molecule has 2 fully saturated rings. The number of rotatable bonds is 6. The second-order valence-corrected chi connectivity index (χ2v) is 8.19. The van der Waals surface area contributed by atoms with Crippen LogP contribution in [0, 0.1) is 0 Å². The first-order chi connectivity index (χ1) is 14.7. The summed E-state index contributed by atoms with van der Waals surface area (Å²) in [5.41, 5.74) is 3.02. The number of benzene rings is 2. The Balaban J connectivity index is 1.22. The average molecular weight is 413 g/mol. The van der Waals surface area contributed by atoms with Crippen LogP contribution in [0.5, 0.6) is 5.75 Å². The predicted molar refractivity (Wildman–Crippen MR) is 116 cm³/mol. The molecule has 2 saturated heterocycles. The highest BCUT2D eigenvalue weighted by Crippen LogP contribution is 2.25. The van der Waals surface area contributed by atoms with Gasteiger partial charge in [-0.2, -0.15) is 0 Å². The van der Waals surface area contributed by atoms with Gasteiger partial charge in [-0.1, -0.05) is 24.3 Å². The largest absolute Gasteiger partial charge is 0.506 e. The summed E-state index contributed by atoms with van der Waals surface area (Å²) in [5.74, 6) is 0.366. The minimum absolute atomic E-state index is 0.0487. The normalized spacial score (nSPS) is 18.3. The first-order valence-electron chi connectivity index (χ1n) is 10.8. The van der Waals surface area contributed by atoms with E-state index in [4.69, 9.17) is 4.74 Å². The molecule has 2 aliphatic heterocycles. The number of hydrogen-bond donors (Lipinski definition) is 4. The quantitative estimate of drug-likeness (QED) is 0.499. The smallest absolute Gasteiger partial charge is 0.279 e. The van der Waals surface area contributed by atoms with Crippen LogP contribution in [0.1, 0.15) is 5.56 Å². The molecule has 160 valence electrons. The first kappa shape index (κ1) is 20.7. The molecule has 0 saturated carbocycles. The zero-order valence-electron chi connectivity index (χ0n) is 17.4. The van der Waals surface area contributed by atoms with Crippen molar-refractivity contribution in [2.75, 3.05) is 69.2 Å². The number of nitrogens with zero attached hydrogens (tertiary/aromatic N) is 1. The highest BCUT2D eigenvalue weighted by Gasteiger charge is 2.23. The highest BCUT2D eigenvalue weighted by atomic mass is 16.5. The Labute approximate surface area is 177 Å². The molecule has 2 aliphatic rings. The highest BCUT2D eigenvalue weighted by molar-refractivity contribution is 5.91. The van der Waals surface area contributed by atoms with Gasteiger partial charge in [0.2, 0.25) is 0 Å². The van der Waals surface area contributed by atoms with Crippen LogP contribution in [-0.4, -0.2) is 70.0 Å². The third-order valence-electron chi connectivity index (χ3n) is 6.00. The Morgan fingerprint density at radius 2 is 1.67 bits per heavy atom. The number of phenolic OH excluding ortho intramolecular Hbond substituents is 1. The second kappa shape index (κ2) is 9.93. The Bertz CT molecular complexity index is 829. The summed E-state index contributed by atoms with van der Waals surface area (Å²) >= 11 is 0. The standard InChI is InChI=1S/C23H30N4O3/c28-22-4-2-1-3-21(22)27-11-9-25(10-12-27)18-23(29)24-20-7-5-19(6-8-20)17-26-13-15-30-16-14-26/h1-8,28H,9-18H2,(H,24,29)/p+2. The Hall–Kier alpha value is -2.61. The van der Waals surface area contributed by atoms with Crippen molar-refractivity contribution < 1.29 is 24.4 Å². The van der Waals surface area contributed by atoms with Gasteiger partial charge in [0.15, 0.2) is 6.54 Å². The van der Waals surface area contributed by atoms with Crippen molar-refractivity contribution in [2.45, 2.75) is 6.54 Å². The first-order valence-corrected chi connectivity index (χ1v) is 10.8. The number of piperazine rings is 1. The van der Waals surface area contributed by atoms with E-state index >= 15 is 0 Å². The maximum Gasteiger partial charge on any atom is 0.279 e. The topological polar surface area (TPSA) is 70.7 Å². The summed E-state index contributed by atoms with van der Waals surface area (Å²) < 4.78 is 5.41. The van der Waals surface area contributed by atoms with Gasteiger partial charge >= 0.3 is 0 Å². The average Bonchev–Trinajstić information content (AvgIpc) is 2.77. The number of carbonyl (C=O) groups excluding carboxylic acids is 1. The van der Waals surface area contributed by atoms with E-state index in [0.717, 1.165) is 70.4 Å². The molecule has 0 unspecified atom stereocenters. The lowest BCUT2D eigenvalue weighted by molar-refractivity contribution is -0.921. The van der Waals surface area contributed by atoms with Crippen molar-refractivity contribution in [1.82, 2.24) is 0 Å². The van der Waals surface area contributed by atoms with Gasteiger partial charge in [0.1, 0.15) is 25.4 Å². The molecule has 0 bridgehead atoms. The Kier molecular flexibility index (Phi) is 6.84. The van der Waals surface area contributed by atoms with Crippen LogP contribution in [0.25, 0.3) is 0 Å².